The average Bonchev–Trinajstić information content (AvgIpc) is 3.30. The van der Waals surface area contributed by atoms with E-state index in [0.717, 1.165) is 11.1 Å². The van der Waals surface area contributed by atoms with Crippen LogP contribution < -0.4 is 5.32 Å². The van der Waals surface area contributed by atoms with Gasteiger partial charge in [0.15, 0.2) is 5.65 Å². The Bertz CT molecular complexity index is 1450. The monoisotopic (exact) mass is 510 g/mol. The highest BCUT2D eigenvalue weighted by molar-refractivity contribution is 8.00. The SMILES string of the molecule is CCN(CC)S(=O)(=O)c1cc(NC(=O)CSc2ncnc3c2cnn3-c2ccccc2)ccc1C. The van der Waals surface area contributed by atoms with Crippen LogP contribution in [0, 0.1) is 6.92 Å². The number of nitrogens with one attached hydrogen (secondary N) is 1. The van der Waals surface area contributed by atoms with Gasteiger partial charge >= 0.3 is 0 Å². The number of carbonyl (C=O) groups excluding carboxylic acids is 1. The standard InChI is InChI=1S/C24H26N6O3S2/c1-4-29(5-2)35(32,33)21-13-18(12-11-17(21)3)28-22(31)15-34-24-20-14-27-30(23(20)25-16-26-24)19-9-7-6-8-10-19/h6-14,16H,4-5,15H2,1-3H3,(H,28,31). The first-order chi connectivity index (χ1) is 16.8. The minimum atomic E-state index is -3.64. The van der Waals surface area contributed by atoms with Gasteiger partial charge in [-0.2, -0.15) is 9.40 Å². The number of carbonyl (C=O) groups is 1. The molecule has 0 aliphatic carbocycles. The third-order valence-electron chi connectivity index (χ3n) is 5.47. The summed E-state index contributed by atoms with van der Waals surface area (Å²) in [5.74, 6) is -0.179. The Hall–Kier alpha value is -3.28. The number of benzene rings is 2. The zero-order valence-electron chi connectivity index (χ0n) is 19.7. The summed E-state index contributed by atoms with van der Waals surface area (Å²) < 4.78 is 29.1. The largest absolute Gasteiger partial charge is 0.325 e. The van der Waals surface area contributed by atoms with E-state index in [-0.39, 0.29) is 16.6 Å². The van der Waals surface area contributed by atoms with Crippen molar-refractivity contribution in [1.29, 1.82) is 0 Å². The maximum Gasteiger partial charge on any atom is 0.243 e. The van der Waals surface area contributed by atoms with Gasteiger partial charge in [-0.15, -0.1) is 0 Å². The number of amides is 1. The predicted octanol–water partition coefficient (Wildman–Crippen LogP) is 3.89. The molecule has 1 N–H and O–H groups in total. The van der Waals surface area contributed by atoms with Crippen LogP contribution in [0.1, 0.15) is 19.4 Å². The van der Waals surface area contributed by atoms with Crippen LogP contribution in [0.5, 0.6) is 0 Å². The highest BCUT2D eigenvalue weighted by Gasteiger charge is 2.24. The minimum absolute atomic E-state index is 0.0919. The van der Waals surface area contributed by atoms with E-state index < -0.39 is 10.0 Å². The van der Waals surface area contributed by atoms with Gasteiger partial charge in [0.25, 0.3) is 0 Å². The normalized spacial score (nSPS) is 11.8. The summed E-state index contributed by atoms with van der Waals surface area (Å²) in [7, 11) is -3.64. The summed E-state index contributed by atoms with van der Waals surface area (Å²) in [5, 5.41) is 8.62. The molecular formula is C24H26N6O3S2. The number of rotatable bonds is 9. The van der Waals surface area contributed by atoms with Crippen LogP contribution in [0.4, 0.5) is 5.69 Å². The lowest BCUT2D eigenvalue weighted by molar-refractivity contribution is -0.113. The number of hydrogen-bond acceptors (Lipinski definition) is 7. The smallest absolute Gasteiger partial charge is 0.243 e. The van der Waals surface area contributed by atoms with Crippen molar-refractivity contribution in [3.05, 3.63) is 66.6 Å². The molecule has 4 aromatic rings. The highest BCUT2D eigenvalue weighted by atomic mass is 32.2. The lowest BCUT2D eigenvalue weighted by Gasteiger charge is -2.20. The highest BCUT2D eigenvalue weighted by Crippen LogP contribution is 2.27. The van der Waals surface area contributed by atoms with Crippen LogP contribution in [0.25, 0.3) is 16.7 Å². The lowest BCUT2D eigenvalue weighted by Crippen LogP contribution is -2.31. The molecule has 11 heteroatoms. The molecule has 0 atom stereocenters. The number of anilines is 1. The van der Waals surface area contributed by atoms with Crippen LogP contribution in [0.15, 0.2) is 71.0 Å². The Morgan fingerprint density at radius 1 is 1.09 bits per heavy atom. The molecule has 182 valence electrons. The first-order valence-corrected chi connectivity index (χ1v) is 13.5. The fourth-order valence-corrected chi connectivity index (χ4v) is 6.16. The third-order valence-corrected chi connectivity index (χ3v) is 8.66. The number of para-hydroxylation sites is 1. The van der Waals surface area contributed by atoms with E-state index in [1.165, 1.54) is 28.5 Å². The van der Waals surface area contributed by atoms with Crippen molar-refractivity contribution in [3.63, 3.8) is 0 Å². The van der Waals surface area contributed by atoms with Crippen LogP contribution in [0.2, 0.25) is 0 Å². The molecule has 9 nitrogen and oxygen atoms in total. The molecule has 0 bridgehead atoms. The molecule has 35 heavy (non-hydrogen) atoms. The van der Waals surface area contributed by atoms with E-state index in [2.05, 4.69) is 20.4 Å². The number of fused-ring (bicyclic) bond motifs is 1. The molecule has 0 fully saturated rings. The second-order valence-electron chi connectivity index (χ2n) is 7.71. The molecule has 4 rings (SSSR count). The average molecular weight is 511 g/mol. The number of thioether (sulfide) groups is 1. The van der Waals surface area contributed by atoms with Crippen molar-refractivity contribution >= 4 is 44.4 Å². The summed E-state index contributed by atoms with van der Waals surface area (Å²) in [6.07, 6.45) is 3.14. The van der Waals surface area contributed by atoms with Gasteiger partial charge in [-0.25, -0.2) is 23.1 Å². The van der Waals surface area contributed by atoms with Crippen LogP contribution in [-0.2, 0) is 14.8 Å². The van der Waals surface area contributed by atoms with Crippen LogP contribution >= 0.6 is 11.8 Å². The van der Waals surface area contributed by atoms with Gasteiger partial charge in [0.1, 0.15) is 11.4 Å². The van der Waals surface area contributed by atoms with Gasteiger partial charge < -0.3 is 5.32 Å². The molecular weight excluding hydrogens is 484 g/mol. The fraction of sp³-hybridized carbons (Fsp3) is 0.250. The molecule has 2 aromatic carbocycles. The van der Waals surface area contributed by atoms with Gasteiger partial charge in [0, 0.05) is 18.8 Å². The molecule has 0 spiro atoms. The molecule has 1 amide bonds. The van der Waals surface area contributed by atoms with Crippen LogP contribution in [0.3, 0.4) is 0 Å². The molecule has 0 saturated heterocycles. The quantitative estimate of drug-likeness (QED) is 0.269. The molecule has 2 heterocycles. The van der Waals surface area contributed by atoms with Crippen molar-refractivity contribution in [3.8, 4) is 5.69 Å². The number of nitrogens with zero attached hydrogens (tertiary/aromatic N) is 5. The zero-order chi connectivity index (χ0) is 25.0. The van der Waals surface area contributed by atoms with E-state index in [1.54, 1.807) is 43.8 Å². The number of aromatic nitrogens is 4. The van der Waals surface area contributed by atoms with Gasteiger partial charge in [0.2, 0.25) is 15.9 Å². The van der Waals surface area contributed by atoms with E-state index in [0.29, 0.717) is 35.0 Å². The lowest BCUT2D eigenvalue weighted by atomic mass is 10.2. The summed E-state index contributed by atoms with van der Waals surface area (Å²) in [4.78, 5) is 21.6. The summed E-state index contributed by atoms with van der Waals surface area (Å²) in [5.41, 5.74) is 2.59. The van der Waals surface area contributed by atoms with Crippen molar-refractivity contribution < 1.29 is 13.2 Å². The maximum atomic E-state index is 13.0. The first kappa shape index (κ1) is 24.8. The minimum Gasteiger partial charge on any atom is -0.325 e. The van der Waals surface area contributed by atoms with Crippen molar-refractivity contribution in [1.82, 2.24) is 24.1 Å². The third kappa shape index (κ3) is 5.21. The van der Waals surface area contributed by atoms with Gasteiger partial charge in [-0.05, 0) is 36.8 Å². The van der Waals surface area contributed by atoms with Gasteiger partial charge in [-0.3, -0.25) is 4.79 Å². The van der Waals surface area contributed by atoms with Crippen molar-refractivity contribution in [2.75, 3.05) is 24.2 Å². The molecule has 0 unspecified atom stereocenters. The fourth-order valence-electron chi connectivity index (χ4n) is 3.69. The molecule has 0 aliphatic rings. The van der Waals surface area contributed by atoms with Crippen LogP contribution in [-0.4, -0.2) is 57.2 Å². The summed E-state index contributed by atoms with van der Waals surface area (Å²) in [6, 6.07) is 14.6. The zero-order valence-corrected chi connectivity index (χ0v) is 21.3. The van der Waals surface area contributed by atoms with Crippen molar-refractivity contribution in [2.45, 2.75) is 30.7 Å². The van der Waals surface area contributed by atoms with Gasteiger partial charge in [-0.1, -0.05) is 49.9 Å². The van der Waals surface area contributed by atoms with E-state index in [4.69, 9.17) is 0 Å². The topological polar surface area (TPSA) is 110 Å². The Balaban J connectivity index is 1.49. The summed E-state index contributed by atoms with van der Waals surface area (Å²) in [6.45, 7) is 6.09. The Morgan fingerprint density at radius 3 is 2.54 bits per heavy atom. The van der Waals surface area contributed by atoms with E-state index >= 15 is 0 Å². The summed E-state index contributed by atoms with van der Waals surface area (Å²) >= 11 is 1.27. The number of aryl methyl sites for hydroxylation is 1. The molecule has 2 aromatic heterocycles. The number of sulfonamides is 1. The maximum absolute atomic E-state index is 13.0. The van der Waals surface area contributed by atoms with E-state index in [1.807, 2.05) is 30.3 Å². The first-order valence-electron chi connectivity index (χ1n) is 11.1. The van der Waals surface area contributed by atoms with E-state index in [9.17, 15) is 13.2 Å². The Morgan fingerprint density at radius 2 is 1.83 bits per heavy atom. The predicted molar refractivity (Wildman–Crippen MR) is 137 cm³/mol. The molecule has 0 aliphatic heterocycles. The Labute approximate surface area is 208 Å². The Kier molecular flexibility index (Phi) is 7.48. The number of hydrogen-bond donors (Lipinski definition) is 1. The van der Waals surface area contributed by atoms with Crippen molar-refractivity contribution in [2.24, 2.45) is 0 Å². The second-order valence-corrected chi connectivity index (χ2v) is 10.6. The molecule has 0 radical (unpaired) electrons. The second kappa shape index (κ2) is 10.5. The molecule has 0 saturated carbocycles. The van der Waals surface area contributed by atoms with Gasteiger partial charge in [0.05, 0.1) is 27.9 Å².